The fourth-order valence-electron chi connectivity index (χ4n) is 1.43. The average molecular weight is 309 g/mol. The van der Waals surface area contributed by atoms with Gasteiger partial charge >= 0.3 is 11.9 Å². The van der Waals surface area contributed by atoms with Crippen LogP contribution in [-0.4, -0.2) is 39.0 Å². The lowest BCUT2D eigenvalue weighted by Gasteiger charge is -2.07. The van der Waals surface area contributed by atoms with Gasteiger partial charge in [0.05, 0.1) is 12.8 Å². The number of carbonyl (C=O) groups excluding carboxylic acids is 2. The lowest BCUT2D eigenvalue weighted by Crippen LogP contribution is -2.16. The summed E-state index contributed by atoms with van der Waals surface area (Å²) in [5.74, 6) is -2.86. The third-order valence-corrected chi connectivity index (χ3v) is 2.42. The van der Waals surface area contributed by atoms with E-state index in [4.69, 9.17) is 10.2 Å². The molecule has 0 saturated heterocycles. The fourth-order valence-corrected chi connectivity index (χ4v) is 1.43. The second-order valence-corrected chi connectivity index (χ2v) is 4.29. The number of carbonyl (C=O) groups is 4. The third-order valence-electron chi connectivity index (χ3n) is 2.42. The van der Waals surface area contributed by atoms with Crippen LogP contribution in [0.3, 0.4) is 0 Å². The second-order valence-electron chi connectivity index (χ2n) is 4.29. The van der Waals surface area contributed by atoms with E-state index >= 15 is 0 Å². The molecule has 0 fully saturated rings. The standard InChI is InChI=1S/C13H15N3O6/c17-10(4-6-12(19)20)15-8-2-1-3-9(14-8)16-11(18)5-7-13(21)22/h1-3H,4-7H2,(H,19,20)(H,21,22)(H2,14,15,16,17,18). The zero-order chi connectivity index (χ0) is 16.5. The van der Waals surface area contributed by atoms with Crippen molar-refractivity contribution >= 4 is 35.4 Å². The predicted octanol–water partition coefficient (Wildman–Crippen LogP) is 0.688. The first-order valence-electron chi connectivity index (χ1n) is 6.37. The molecule has 0 saturated carbocycles. The molecule has 22 heavy (non-hydrogen) atoms. The normalized spacial score (nSPS) is 9.82. The summed E-state index contributed by atoms with van der Waals surface area (Å²) in [7, 11) is 0. The number of aromatic nitrogens is 1. The number of nitrogens with one attached hydrogen (secondary N) is 2. The first kappa shape index (κ1) is 17.1. The van der Waals surface area contributed by atoms with Gasteiger partial charge in [-0.15, -0.1) is 0 Å². The van der Waals surface area contributed by atoms with Crippen molar-refractivity contribution in [2.75, 3.05) is 10.6 Å². The van der Waals surface area contributed by atoms with Crippen LogP contribution in [0.2, 0.25) is 0 Å². The smallest absolute Gasteiger partial charge is 0.303 e. The highest BCUT2D eigenvalue weighted by molar-refractivity contribution is 5.93. The third kappa shape index (κ3) is 6.98. The minimum atomic E-state index is -1.08. The van der Waals surface area contributed by atoms with Gasteiger partial charge in [-0.3, -0.25) is 19.2 Å². The van der Waals surface area contributed by atoms with E-state index < -0.39 is 23.8 Å². The number of amides is 2. The van der Waals surface area contributed by atoms with E-state index in [0.29, 0.717) is 0 Å². The average Bonchev–Trinajstić information content (AvgIpc) is 2.43. The van der Waals surface area contributed by atoms with Gasteiger partial charge in [-0.05, 0) is 12.1 Å². The summed E-state index contributed by atoms with van der Waals surface area (Å²) in [5.41, 5.74) is 0. The van der Waals surface area contributed by atoms with Gasteiger partial charge in [-0.1, -0.05) is 6.07 Å². The van der Waals surface area contributed by atoms with Crippen molar-refractivity contribution in [2.24, 2.45) is 0 Å². The zero-order valence-electron chi connectivity index (χ0n) is 11.5. The predicted molar refractivity (Wildman–Crippen MR) is 75.2 cm³/mol. The molecule has 9 nitrogen and oxygen atoms in total. The van der Waals surface area contributed by atoms with Crippen LogP contribution in [0.1, 0.15) is 25.7 Å². The summed E-state index contributed by atoms with van der Waals surface area (Å²) < 4.78 is 0. The number of rotatable bonds is 8. The number of hydrogen-bond donors (Lipinski definition) is 4. The van der Waals surface area contributed by atoms with Crippen LogP contribution in [0.4, 0.5) is 11.6 Å². The molecule has 0 aromatic carbocycles. The lowest BCUT2D eigenvalue weighted by molar-refractivity contribution is -0.138. The Balaban J connectivity index is 2.54. The van der Waals surface area contributed by atoms with Crippen molar-refractivity contribution in [3.8, 4) is 0 Å². The molecule has 1 aromatic rings. The Morgan fingerprint density at radius 2 is 1.23 bits per heavy atom. The Kier molecular flexibility index (Phi) is 6.48. The highest BCUT2D eigenvalue weighted by Gasteiger charge is 2.09. The fraction of sp³-hybridized carbons (Fsp3) is 0.308. The first-order valence-corrected chi connectivity index (χ1v) is 6.37. The van der Waals surface area contributed by atoms with Gasteiger partial charge in [-0.25, -0.2) is 4.98 Å². The molecule has 0 radical (unpaired) electrons. The maximum Gasteiger partial charge on any atom is 0.303 e. The number of carboxylic acids is 2. The molecular weight excluding hydrogens is 294 g/mol. The van der Waals surface area contributed by atoms with E-state index in [2.05, 4.69) is 15.6 Å². The Hall–Kier alpha value is -2.97. The zero-order valence-corrected chi connectivity index (χ0v) is 11.5. The Labute approximate surface area is 125 Å². The monoisotopic (exact) mass is 309 g/mol. The summed E-state index contributed by atoms with van der Waals surface area (Å²) in [5, 5.41) is 21.8. The molecule has 1 rings (SSSR count). The van der Waals surface area contributed by atoms with E-state index in [-0.39, 0.29) is 37.3 Å². The van der Waals surface area contributed by atoms with Crippen molar-refractivity contribution < 1.29 is 29.4 Å². The molecule has 1 heterocycles. The molecule has 2 amide bonds. The quantitative estimate of drug-likeness (QED) is 0.552. The summed E-state index contributed by atoms with van der Waals surface area (Å²) >= 11 is 0. The molecule has 9 heteroatoms. The van der Waals surface area contributed by atoms with Crippen molar-refractivity contribution in [3.05, 3.63) is 18.2 Å². The highest BCUT2D eigenvalue weighted by atomic mass is 16.4. The molecule has 4 N–H and O–H groups in total. The minimum Gasteiger partial charge on any atom is -0.481 e. The van der Waals surface area contributed by atoms with Crippen molar-refractivity contribution in [1.29, 1.82) is 0 Å². The lowest BCUT2D eigenvalue weighted by atomic mass is 10.3. The molecule has 0 atom stereocenters. The van der Waals surface area contributed by atoms with Gasteiger partial charge in [0.25, 0.3) is 0 Å². The van der Waals surface area contributed by atoms with Crippen LogP contribution in [0.5, 0.6) is 0 Å². The summed E-state index contributed by atoms with van der Waals surface area (Å²) in [6, 6.07) is 4.49. The van der Waals surface area contributed by atoms with E-state index in [1.165, 1.54) is 18.2 Å². The van der Waals surface area contributed by atoms with Gasteiger partial charge in [0.1, 0.15) is 11.6 Å². The summed E-state index contributed by atoms with van der Waals surface area (Å²) in [4.78, 5) is 47.6. The highest BCUT2D eigenvalue weighted by Crippen LogP contribution is 2.10. The first-order chi connectivity index (χ1) is 10.4. The number of aliphatic carboxylic acids is 2. The van der Waals surface area contributed by atoms with Crippen LogP contribution in [0.25, 0.3) is 0 Å². The SMILES string of the molecule is O=C(O)CCC(=O)Nc1cccc(NC(=O)CCC(=O)O)n1. The molecule has 0 bridgehead atoms. The van der Waals surface area contributed by atoms with Crippen LogP contribution in [0, 0.1) is 0 Å². The van der Waals surface area contributed by atoms with E-state index in [1.54, 1.807) is 0 Å². The van der Waals surface area contributed by atoms with Crippen molar-refractivity contribution in [3.63, 3.8) is 0 Å². The number of pyridine rings is 1. The molecule has 118 valence electrons. The summed E-state index contributed by atoms with van der Waals surface area (Å²) in [6.45, 7) is 0. The maximum atomic E-state index is 11.5. The van der Waals surface area contributed by atoms with E-state index in [9.17, 15) is 19.2 Å². The summed E-state index contributed by atoms with van der Waals surface area (Å²) in [6.07, 6.45) is -0.965. The number of nitrogens with zero attached hydrogens (tertiary/aromatic N) is 1. The van der Waals surface area contributed by atoms with Crippen LogP contribution in [-0.2, 0) is 19.2 Å². The van der Waals surface area contributed by atoms with Crippen LogP contribution < -0.4 is 10.6 Å². The molecule has 0 spiro atoms. The number of hydrogen-bond acceptors (Lipinski definition) is 5. The molecule has 0 aliphatic rings. The van der Waals surface area contributed by atoms with Crippen molar-refractivity contribution in [1.82, 2.24) is 4.98 Å². The Morgan fingerprint density at radius 3 is 1.59 bits per heavy atom. The van der Waals surface area contributed by atoms with Crippen LogP contribution in [0.15, 0.2) is 18.2 Å². The van der Waals surface area contributed by atoms with Gasteiger partial charge in [0, 0.05) is 12.8 Å². The van der Waals surface area contributed by atoms with Gasteiger partial charge in [0.15, 0.2) is 0 Å². The van der Waals surface area contributed by atoms with E-state index in [1.807, 2.05) is 0 Å². The largest absolute Gasteiger partial charge is 0.481 e. The topological polar surface area (TPSA) is 146 Å². The van der Waals surface area contributed by atoms with Crippen molar-refractivity contribution in [2.45, 2.75) is 25.7 Å². The Morgan fingerprint density at radius 1 is 0.818 bits per heavy atom. The minimum absolute atomic E-state index is 0.159. The van der Waals surface area contributed by atoms with E-state index in [0.717, 1.165) is 0 Å². The Bertz CT molecular complexity index is 540. The van der Waals surface area contributed by atoms with Gasteiger partial charge in [0.2, 0.25) is 11.8 Å². The number of anilines is 2. The molecule has 0 aliphatic heterocycles. The van der Waals surface area contributed by atoms with Gasteiger partial charge < -0.3 is 20.8 Å². The number of carboxylic acid groups (broad SMARTS) is 2. The molecule has 0 unspecified atom stereocenters. The van der Waals surface area contributed by atoms with Crippen LogP contribution >= 0.6 is 0 Å². The molecule has 0 aliphatic carbocycles. The van der Waals surface area contributed by atoms with Gasteiger partial charge in [-0.2, -0.15) is 0 Å². The maximum absolute atomic E-state index is 11.5. The molecule has 1 aromatic heterocycles. The molecular formula is C13H15N3O6. The second kappa shape index (κ2) is 8.35.